The molecule has 0 atom stereocenters. The lowest BCUT2D eigenvalue weighted by atomic mass is 10.2. The van der Waals surface area contributed by atoms with Crippen LogP contribution in [0.25, 0.3) is 10.2 Å². The van der Waals surface area contributed by atoms with Gasteiger partial charge in [-0.2, -0.15) is 18.2 Å². The molecule has 0 amide bonds. The molecule has 0 bridgehead atoms. The molecule has 1 N–H and O–H groups in total. The molecular formula is C19H11F3N2O3S. The highest BCUT2D eigenvalue weighted by molar-refractivity contribution is 7.16. The van der Waals surface area contributed by atoms with Crippen molar-refractivity contribution in [2.45, 2.75) is 6.18 Å². The van der Waals surface area contributed by atoms with Crippen molar-refractivity contribution < 1.29 is 22.3 Å². The van der Waals surface area contributed by atoms with Crippen molar-refractivity contribution in [2.75, 3.05) is 5.32 Å². The van der Waals surface area contributed by atoms with E-state index in [1.807, 2.05) is 0 Å². The summed E-state index contributed by atoms with van der Waals surface area (Å²) >= 11 is 1.33. The fraction of sp³-hybridized carbons (Fsp3) is 0.0526. The number of hydrogen-bond donors (Lipinski definition) is 1. The molecule has 2 aromatic carbocycles. The van der Waals surface area contributed by atoms with Gasteiger partial charge in [-0.15, -0.1) is 11.3 Å². The Balaban J connectivity index is 1.46. The number of benzene rings is 2. The number of fused-ring (bicyclic) bond motifs is 1. The number of alkyl halides is 3. The highest BCUT2D eigenvalue weighted by Gasteiger charge is 2.30. The number of rotatable bonds is 4. The Morgan fingerprint density at radius 1 is 0.964 bits per heavy atom. The van der Waals surface area contributed by atoms with Crippen LogP contribution in [0.5, 0.6) is 11.5 Å². The van der Waals surface area contributed by atoms with E-state index in [9.17, 15) is 18.0 Å². The van der Waals surface area contributed by atoms with E-state index in [1.165, 1.54) is 23.5 Å². The summed E-state index contributed by atoms with van der Waals surface area (Å²) in [7, 11) is 0. The van der Waals surface area contributed by atoms with Crippen molar-refractivity contribution in [1.82, 2.24) is 4.98 Å². The van der Waals surface area contributed by atoms with Gasteiger partial charge in [-0.05, 0) is 60.0 Å². The van der Waals surface area contributed by atoms with Gasteiger partial charge in [-0.3, -0.25) is 0 Å². The highest BCUT2D eigenvalue weighted by atomic mass is 32.1. The molecule has 0 saturated carbocycles. The van der Waals surface area contributed by atoms with Crippen LogP contribution in [0.1, 0.15) is 5.56 Å². The molecule has 2 aromatic heterocycles. The van der Waals surface area contributed by atoms with Gasteiger partial charge in [-0.1, -0.05) is 0 Å². The summed E-state index contributed by atoms with van der Waals surface area (Å²) in [6.07, 6.45) is -4.39. The zero-order valence-electron chi connectivity index (χ0n) is 14.0. The number of nitrogens with zero attached hydrogens (tertiary/aromatic N) is 1. The Labute approximate surface area is 160 Å². The molecule has 142 valence electrons. The normalized spacial score (nSPS) is 11.5. The van der Waals surface area contributed by atoms with Crippen molar-refractivity contribution in [1.29, 1.82) is 0 Å². The average Bonchev–Trinajstić information content (AvgIpc) is 3.12. The average molecular weight is 404 g/mol. The zero-order valence-corrected chi connectivity index (χ0v) is 14.8. The topological polar surface area (TPSA) is 64.4 Å². The maximum atomic E-state index is 12.6. The minimum absolute atomic E-state index is 0.0661. The highest BCUT2D eigenvalue weighted by Crippen LogP contribution is 2.31. The maximum Gasteiger partial charge on any atom is 0.416 e. The van der Waals surface area contributed by atoms with Crippen LogP contribution in [0.4, 0.5) is 24.9 Å². The Bertz CT molecular complexity index is 1170. The van der Waals surface area contributed by atoms with E-state index in [0.29, 0.717) is 21.7 Å². The summed E-state index contributed by atoms with van der Waals surface area (Å²) in [6.45, 7) is 0. The van der Waals surface area contributed by atoms with Crippen molar-refractivity contribution >= 4 is 33.3 Å². The largest absolute Gasteiger partial charge is 0.457 e. The van der Waals surface area contributed by atoms with Crippen molar-refractivity contribution in [2.24, 2.45) is 0 Å². The van der Waals surface area contributed by atoms with Crippen LogP contribution < -0.4 is 15.7 Å². The summed E-state index contributed by atoms with van der Waals surface area (Å²) < 4.78 is 48.4. The van der Waals surface area contributed by atoms with Gasteiger partial charge >= 0.3 is 17.8 Å². The Morgan fingerprint density at radius 2 is 1.61 bits per heavy atom. The second-order valence-corrected chi connectivity index (χ2v) is 6.61. The van der Waals surface area contributed by atoms with Crippen LogP contribution >= 0.6 is 11.3 Å². The van der Waals surface area contributed by atoms with E-state index in [2.05, 4.69) is 10.3 Å². The molecule has 4 rings (SSSR count). The van der Waals surface area contributed by atoms with Gasteiger partial charge in [0.25, 0.3) is 0 Å². The number of halogens is 3. The molecule has 9 heteroatoms. The van der Waals surface area contributed by atoms with Gasteiger partial charge in [0.05, 0.1) is 10.9 Å². The van der Waals surface area contributed by atoms with Gasteiger partial charge in [0.1, 0.15) is 16.3 Å². The first-order valence-corrected chi connectivity index (χ1v) is 8.87. The summed E-state index contributed by atoms with van der Waals surface area (Å²) in [6, 6.07) is 12.7. The fourth-order valence-electron chi connectivity index (χ4n) is 2.43. The minimum atomic E-state index is -4.39. The zero-order chi connectivity index (χ0) is 19.7. The number of anilines is 2. The Morgan fingerprint density at radius 3 is 2.25 bits per heavy atom. The Hall–Kier alpha value is -3.33. The lowest BCUT2D eigenvalue weighted by molar-refractivity contribution is -0.137. The van der Waals surface area contributed by atoms with Crippen molar-refractivity contribution in [3.8, 4) is 11.5 Å². The van der Waals surface area contributed by atoms with Crippen LogP contribution in [-0.4, -0.2) is 4.98 Å². The monoisotopic (exact) mass is 404 g/mol. The van der Waals surface area contributed by atoms with Crippen LogP contribution in [0.3, 0.4) is 0 Å². The van der Waals surface area contributed by atoms with Crippen molar-refractivity contribution in [3.63, 3.8) is 0 Å². The van der Waals surface area contributed by atoms with Crippen LogP contribution in [0.2, 0.25) is 0 Å². The third-order valence-corrected chi connectivity index (χ3v) is 4.59. The smallest absolute Gasteiger partial charge is 0.416 e. The van der Waals surface area contributed by atoms with Crippen LogP contribution in [-0.2, 0) is 6.18 Å². The maximum absolute atomic E-state index is 12.6. The van der Waals surface area contributed by atoms with E-state index >= 15 is 0 Å². The first-order chi connectivity index (χ1) is 13.4. The van der Waals surface area contributed by atoms with E-state index in [4.69, 9.17) is 9.15 Å². The number of nitrogens with one attached hydrogen (secondary N) is 1. The second kappa shape index (κ2) is 7.01. The molecule has 0 aliphatic heterocycles. The van der Waals surface area contributed by atoms with Crippen LogP contribution in [0, 0.1) is 0 Å². The quantitative estimate of drug-likeness (QED) is 0.465. The SMILES string of the molecule is O=c1oc(Nc2ccc(Oc3ccc(C(F)(F)F)cc3)cc2)nc2sccc12. The van der Waals surface area contributed by atoms with Crippen LogP contribution in [0.15, 0.2) is 69.2 Å². The lowest BCUT2D eigenvalue weighted by Crippen LogP contribution is -2.04. The molecule has 0 radical (unpaired) electrons. The third kappa shape index (κ3) is 3.84. The van der Waals surface area contributed by atoms with Gasteiger partial charge < -0.3 is 14.5 Å². The first-order valence-electron chi connectivity index (χ1n) is 7.99. The molecule has 5 nitrogen and oxygen atoms in total. The number of ether oxygens (including phenoxy) is 1. The molecule has 0 unspecified atom stereocenters. The summed E-state index contributed by atoms with van der Waals surface area (Å²) in [4.78, 5) is 16.7. The molecule has 4 aromatic rings. The standard InChI is InChI=1S/C19H11F3N2O3S/c20-19(21,22)11-1-5-13(6-2-11)26-14-7-3-12(4-8-14)23-18-24-16-15(9-10-28-16)17(25)27-18/h1-10H,(H,23,24). The minimum Gasteiger partial charge on any atom is -0.457 e. The number of thiophene rings is 1. The summed E-state index contributed by atoms with van der Waals surface area (Å²) in [5.41, 5.74) is -0.613. The predicted octanol–water partition coefficient (Wildman–Crippen LogP) is 5.80. The number of aromatic nitrogens is 1. The van der Waals surface area contributed by atoms with E-state index in [1.54, 1.807) is 35.7 Å². The van der Waals surface area contributed by atoms with E-state index < -0.39 is 17.4 Å². The molecular weight excluding hydrogens is 393 g/mol. The molecule has 0 saturated heterocycles. The molecule has 0 fully saturated rings. The van der Waals surface area contributed by atoms with Gasteiger partial charge in [0.2, 0.25) is 0 Å². The molecule has 0 spiro atoms. The molecule has 28 heavy (non-hydrogen) atoms. The molecule has 0 aliphatic rings. The van der Waals surface area contributed by atoms with Gasteiger partial charge in [0.15, 0.2) is 0 Å². The first kappa shape index (κ1) is 18.1. The van der Waals surface area contributed by atoms with Gasteiger partial charge in [0, 0.05) is 5.69 Å². The predicted molar refractivity (Wildman–Crippen MR) is 99.4 cm³/mol. The summed E-state index contributed by atoms with van der Waals surface area (Å²) in [5.74, 6) is 0.720. The summed E-state index contributed by atoms with van der Waals surface area (Å²) in [5, 5.41) is 5.07. The van der Waals surface area contributed by atoms with Crippen molar-refractivity contribution in [3.05, 3.63) is 76.0 Å². The molecule has 2 heterocycles. The van der Waals surface area contributed by atoms with E-state index in [-0.39, 0.29) is 11.8 Å². The Kier molecular flexibility index (Phi) is 4.52. The fourth-order valence-corrected chi connectivity index (χ4v) is 3.18. The second-order valence-electron chi connectivity index (χ2n) is 5.72. The van der Waals surface area contributed by atoms with Gasteiger partial charge in [-0.25, -0.2) is 4.79 Å². The number of hydrogen-bond acceptors (Lipinski definition) is 6. The lowest BCUT2D eigenvalue weighted by Gasteiger charge is -2.09. The third-order valence-electron chi connectivity index (χ3n) is 3.78. The van der Waals surface area contributed by atoms with E-state index in [0.717, 1.165) is 12.1 Å². The molecule has 0 aliphatic carbocycles.